The van der Waals surface area contributed by atoms with Gasteiger partial charge in [0, 0.05) is 31.3 Å². The van der Waals surface area contributed by atoms with Crippen LogP contribution in [0.3, 0.4) is 0 Å². The molecular formula is C23H25NO2. The summed E-state index contributed by atoms with van der Waals surface area (Å²) in [6, 6.07) is 25.6. The van der Waals surface area contributed by atoms with Gasteiger partial charge < -0.3 is 14.4 Å². The van der Waals surface area contributed by atoms with Crippen molar-refractivity contribution in [3.8, 4) is 0 Å². The minimum absolute atomic E-state index is 0.622. The summed E-state index contributed by atoms with van der Waals surface area (Å²) in [5.74, 6) is 0. The summed E-state index contributed by atoms with van der Waals surface area (Å²) < 4.78 is 10.4. The van der Waals surface area contributed by atoms with E-state index < -0.39 is 0 Å². The van der Waals surface area contributed by atoms with Crippen LogP contribution >= 0.6 is 0 Å². The van der Waals surface area contributed by atoms with Crippen LogP contribution in [0.2, 0.25) is 0 Å². The van der Waals surface area contributed by atoms with Crippen LogP contribution in [-0.4, -0.2) is 14.2 Å². The Kier molecular flexibility index (Phi) is 6.05. The van der Waals surface area contributed by atoms with E-state index >= 15 is 0 Å². The smallest absolute Gasteiger partial charge is 0.0713 e. The number of hydrogen-bond donors (Lipinski definition) is 0. The van der Waals surface area contributed by atoms with Gasteiger partial charge in [0.15, 0.2) is 0 Å². The fourth-order valence-electron chi connectivity index (χ4n) is 2.96. The molecule has 0 fully saturated rings. The Labute approximate surface area is 155 Å². The van der Waals surface area contributed by atoms with Gasteiger partial charge >= 0.3 is 0 Å². The zero-order chi connectivity index (χ0) is 18.4. The summed E-state index contributed by atoms with van der Waals surface area (Å²) in [4.78, 5) is 2.26. The molecule has 0 aliphatic rings. The first-order valence-corrected chi connectivity index (χ1v) is 8.74. The molecule has 0 saturated heterocycles. The molecule has 0 N–H and O–H groups in total. The van der Waals surface area contributed by atoms with Gasteiger partial charge in [-0.2, -0.15) is 0 Å². The first kappa shape index (κ1) is 18.2. The molecule has 0 heterocycles. The maximum absolute atomic E-state index is 5.22. The topological polar surface area (TPSA) is 21.7 Å². The molecule has 0 aliphatic heterocycles. The molecule has 0 bridgehead atoms. The van der Waals surface area contributed by atoms with Gasteiger partial charge in [-0.15, -0.1) is 0 Å². The van der Waals surface area contributed by atoms with E-state index in [1.807, 2.05) is 0 Å². The van der Waals surface area contributed by atoms with Crippen molar-refractivity contribution in [2.24, 2.45) is 0 Å². The fourth-order valence-corrected chi connectivity index (χ4v) is 2.96. The van der Waals surface area contributed by atoms with Crippen molar-refractivity contribution < 1.29 is 9.47 Å². The highest BCUT2D eigenvalue weighted by atomic mass is 16.5. The molecule has 3 rings (SSSR count). The molecule has 0 amide bonds. The summed E-state index contributed by atoms with van der Waals surface area (Å²) in [6.45, 7) is 3.35. The zero-order valence-electron chi connectivity index (χ0n) is 15.6. The van der Waals surface area contributed by atoms with Crippen LogP contribution in [-0.2, 0) is 22.7 Å². The highest BCUT2D eigenvalue weighted by molar-refractivity contribution is 5.76. The Balaban J connectivity index is 1.99. The summed E-state index contributed by atoms with van der Waals surface area (Å²) >= 11 is 0. The molecule has 134 valence electrons. The van der Waals surface area contributed by atoms with Crippen LogP contribution in [0.5, 0.6) is 0 Å². The Hall–Kier alpha value is -2.62. The maximum atomic E-state index is 5.22. The third-order valence-corrected chi connectivity index (χ3v) is 4.30. The first-order chi connectivity index (χ1) is 12.7. The van der Waals surface area contributed by atoms with Gasteiger partial charge in [0.05, 0.1) is 13.2 Å². The number of aryl methyl sites for hydroxylation is 1. The molecule has 3 nitrogen and oxygen atoms in total. The van der Waals surface area contributed by atoms with Crippen LogP contribution in [0.4, 0.5) is 17.1 Å². The molecule has 0 spiro atoms. The molecule has 0 atom stereocenters. The third kappa shape index (κ3) is 4.31. The highest BCUT2D eigenvalue weighted by Crippen LogP contribution is 2.34. The van der Waals surface area contributed by atoms with Crippen molar-refractivity contribution in [2.75, 3.05) is 19.1 Å². The van der Waals surface area contributed by atoms with Crippen molar-refractivity contribution in [1.82, 2.24) is 0 Å². The van der Waals surface area contributed by atoms with Gasteiger partial charge in [0.1, 0.15) is 0 Å². The molecule has 0 aromatic heterocycles. The molecule has 26 heavy (non-hydrogen) atoms. The Bertz CT molecular complexity index is 759. The molecule has 0 radical (unpaired) electrons. The summed E-state index contributed by atoms with van der Waals surface area (Å²) in [5, 5.41) is 0. The first-order valence-electron chi connectivity index (χ1n) is 8.74. The second-order valence-corrected chi connectivity index (χ2v) is 6.37. The average molecular weight is 347 g/mol. The van der Waals surface area contributed by atoms with E-state index in [0.717, 1.165) is 28.2 Å². The predicted molar refractivity (Wildman–Crippen MR) is 107 cm³/mol. The quantitative estimate of drug-likeness (QED) is 0.542. The van der Waals surface area contributed by atoms with Gasteiger partial charge in [0.2, 0.25) is 0 Å². The average Bonchev–Trinajstić information content (AvgIpc) is 2.67. The van der Waals surface area contributed by atoms with Crippen molar-refractivity contribution in [3.05, 3.63) is 89.5 Å². The number of hydrogen-bond acceptors (Lipinski definition) is 3. The lowest BCUT2D eigenvalue weighted by Gasteiger charge is -2.26. The maximum Gasteiger partial charge on any atom is 0.0713 e. The molecule has 0 aliphatic carbocycles. The monoisotopic (exact) mass is 347 g/mol. The number of rotatable bonds is 7. The van der Waals surface area contributed by atoms with E-state index in [0.29, 0.717) is 13.2 Å². The Morgan fingerprint density at radius 3 is 1.27 bits per heavy atom. The van der Waals surface area contributed by atoms with Crippen LogP contribution in [0, 0.1) is 6.92 Å². The lowest BCUT2D eigenvalue weighted by Crippen LogP contribution is -2.10. The third-order valence-electron chi connectivity index (χ3n) is 4.30. The number of nitrogens with zero attached hydrogens (tertiary/aromatic N) is 1. The van der Waals surface area contributed by atoms with Crippen molar-refractivity contribution in [2.45, 2.75) is 20.1 Å². The van der Waals surface area contributed by atoms with Crippen LogP contribution in [0.15, 0.2) is 72.8 Å². The Morgan fingerprint density at radius 1 is 0.577 bits per heavy atom. The van der Waals surface area contributed by atoms with E-state index in [1.165, 1.54) is 5.56 Å². The minimum atomic E-state index is 0.622. The number of anilines is 3. The standard InChI is InChI=1S/C23H25NO2/c1-18-4-10-21(11-5-18)24(22-12-6-19(7-13-22)16-25-2)23-14-8-20(9-15-23)17-26-3/h4-15H,16-17H2,1-3H3. The van der Waals surface area contributed by atoms with Gasteiger partial charge in [-0.05, 0) is 54.4 Å². The largest absolute Gasteiger partial charge is 0.380 e. The van der Waals surface area contributed by atoms with Gasteiger partial charge in [-0.25, -0.2) is 0 Å². The summed E-state index contributed by atoms with van der Waals surface area (Å²) in [6.07, 6.45) is 0. The van der Waals surface area contributed by atoms with Crippen molar-refractivity contribution in [3.63, 3.8) is 0 Å². The molecule has 0 saturated carbocycles. The summed E-state index contributed by atoms with van der Waals surface area (Å²) in [5.41, 5.74) is 6.95. The van der Waals surface area contributed by atoms with Crippen LogP contribution < -0.4 is 4.90 Å². The van der Waals surface area contributed by atoms with E-state index in [4.69, 9.17) is 9.47 Å². The zero-order valence-corrected chi connectivity index (χ0v) is 15.6. The van der Waals surface area contributed by atoms with Gasteiger partial charge in [0.25, 0.3) is 0 Å². The van der Waals surface area contributed by atoms with Gasteiger partial charge in [-0.1, -0.05) is 42.0 Å². The van der Waals surface area contributed by atoms with Gasteiger partial charge in [-0.3, -0.25) is 0 Å². The summed E-state index contributed by atoms with van der Waals surface area (Å²) in [7, 11) is 3.43. The number of benzene rings is 3. The SMILES string of the molecule is COCc1ccc(N(c2ccc(C)cc2)c2ccc(COC)cc2)cc1. The normalized spacial score (nSPS) is 10.7. The second kappa shape index (κ2) is 8.65. The molecule has 3 aromatic carbocycles. The van der Waals surface area contributed by atoms with Crippen LogP contribution in [0.1, 0.15) is 16.7 Å². The lowest BCUT2D eigenvalue weighted by molar-refractivity contribution is 0.185. The lowest BCUT2D eigenvalue weighted by atomic mass is 10.1. The highest BCUT2D eigenvalue weighted by Gasteiger charge is 2.12. The number of methoxy groups -OCH3 is 2. The van der Waals surface area contributed by atoms with Crippen molar-refractivity contribution in [1.29, 1.82) is 0 Å². The van der Waals surface area contributed by atoms with E-state index in [1.54, 1.807) is 14.2 Å². The fraction of sp³-hybridized carbons (Fsp3) is 0.217. The van der Waals surface area contributed by atoms with Crippen molar-refractivity contribution >= 4 is 17.1 Å². The second-order valence-electron chi connectivity index (χ2n) is 6.37. The van der Waals surface area contributed by atoms with Crippen LogP contribution in [0.25, 0.3) is 0 Å². The molecule has 3 heteroatoms. The van der Waals surface area contributed by atoms with E-state index in [-0.39, 0.29) is 0 Å². The molecule has 0 unspecified atom stereocenters. The van der Waals surface area contributed by atoms with E-state index in [2.05, 4.69) is 84.6 Å². The molecule has 3 aromatic rings. The Morgan fingerprint density at radius 2 is 0.923 bits per heavy atom. The van der Waals surface area contributed by atoms with E-state index in [9.17, 15) is 0 Å². The minimum Gasteiger partial charge on any atom is -0.380 e. The predicted octanol–water partition coefficient (Wildman–Crippen LogP) is 5.76. The number of ether oxygens (including phenoxy) is 2. The molecular weight excluding hydrogens is 322 g/mol.